The van der Waals surface area contributed by atoms with Crippen molar-refractivity contribution in [3.8, 4) is 5.75 Å². The summed E-state index contributed by atoms with van der Waals surface area (Å²) in [4.78, 5) is 2.51. The zero-order valence-corrected chi connectivity index (χ0v) is 11.4. The van der Waals surface area contributed by atoms with E-state index >= 15 is 0 Å². The lowest BCUT2D eigenvalue weighted by Crippen LogP contribution is -2.32. The fourth-order valence-corrected chi connectivity index (χ4v) is 2.89. The average molecular weight is 248 g/mol. The first-order valence-electron chi connectivity index (χ1n) is 6.87. The van der Waals surface area contributed by atoms with Crippen LogP contribution in [-0.4, -0.2) is 31.6 Å². The Hall–Kier alpha value is -1.06. The van der Waals surface area contributed by atoms with Crippen molar-refractivity contribution >= 4 is 0 Å². The quantitative estimate of drug-likeness (QED) is 0.869. The molecule has 0 bridgehead atoms. The molecular weight excluding hydrogens is 224 g/mol. The van der Waals surface area contributed by atoms with Crippen molar-refractivity contribution in [2.45, 2.75) is 25.8 Å². The molecule has 0 saturated carbocycles. The van der Waals surface area contributed by atoms with E-state index in [0.717, 1.165) is 24.8 Å². The number of nitrogens with zero attached hydrogens (tertiary/aromatic N) is 1. The van der Waals surface area contributed by atoms with Crippen LogP contribution >= 0.6 is 0 Å². The molecule has 3 heteroatoms. The summed E-state index contributed by atoms with van der Waals surface area (Å²) in [6.07, 6.45) is 2.56. The third-order valence-electron chi connectivity index (χ3n) is 4.06. The first-order valence-corrected chi connectivity index (χ1v) is 6.87. The molecule has 1 fully saturated rings. The van der Waals surface area contributed by atoms with Crippen molar-refractivity contribution in [1.29, 1.82) is 0 Å². The predicted molar refractivity (Wildman–Crippen MR) is 74.8 cm³/mol. The maximum absolute atomic E-state index is 6.00. The van der Waals surface area contributed by atoms with Crippen LogP contribution in [0.3, 0.4) is 0 Å². The van der Waals surface area contributed by atoms with Gasteiger partial charge in [-0.25, -0.2) is 0 Å². The van der Waals surface area contributed by atoms with Crippen molar-refractivity contribution in [2.75, 3.05) is 26.7 Å². The van der Waals surface area contributed by atoms with Crippen LogP contribution in [0.25, 0.3) is 0 Å². The number of benzene rings is 1. The van der Waals surface area contributed by atoms with Gasteiger partial charge in [0, 0.05) is 18.7 Å². The van der Waals surface area contributed by atoms with Crippen LogP contribution in [0.4, 0.5) is 0 Å². The highest BCUT2D eigenvalue weighted by Crippen LogP contribution is 2.32. The summed E-state index contributed by atoms with van der Waals surface area (Å²) in [6.45, 7) is 5.24. The van der Waals surface area contributed by atoms with Crippen LogP contribution in [0.2, 0.25) is 0 Å². The molecule has 0 aromatic heterocycles. The normalized spacial score (nSPS) is 22.1. The molecule has 2 N–H and O–H groups in total. The molecule has 18 heavy (non-hydrogen) atoms. The second kappa shape index (κ2) is 6.21. The molecule has 0 amide bonds. The van der Waals surface area contributed by atoms with Gasteiger partial charge in [-0.3, -0.25) is 4.90 Å². The number of methoxy groups -OCH3 is 1. The van der Waals surface area contributed by atoms with E-state index in [4.69, 9.17) is 10.5 Å². The summed E-state index contributed by atoms with van der Waals surface area (Å²) in [5.41, 5.74) is 7.22. The highest BCUT2D eigenvalue weighted by atomic mass is 16.5. The molecule has 0 spiro atoms. The van der Waals surface area contributed by atoms with Gasteiger partial charge >= 0.3 is 0 Å². The first-order chi connectivity index (χ1) is 8.80. The first kappa shape index (κ1) is 13.4. The van der Waals surface area contributed by atoms with Gasteiger partial charge in [0.05, 0.1) is 13.2 Å². The molecular formula is C15H24N2O. The van der Waals surface area contributed by atoms with E-state index in [1.807, 2.05) is 12.1 Å². The third-order valence-corrected chi connectivity index (χ3v) is 4.06. The Morgan fingerprint density at radius 3 is 2.83 bits per heavy atom. The molecule has 1 aliphatic heterocycles. The number of para-hydroxylation sites is 1. The Kier molecular flexibility index (Phi) is 4.61. The van der Waals surface area contributed by atoms with Gasteiger partial charge in [0.2, 0.25) is 0 Å². The summed E-state index contributed by atoms with van der Waals surface area (Å²) in [5.74, 6) is 1.78. The van der Waals surface area contributed by atoms with Crippen molar-refractivity contribution in [3.05, 3.63) is 29.8 Å². The second-order valence-electron chi connectivity index (χ2n) is 5.05. The fraction of sp³-hybridized carbons (Fsp3) is 0.600. The third kappa shape index (κ3) is 2.68. The van der Waals surface area contributed by atoms with E-state index in [9.17, 15) is 0 Å². The number of hydrogen-bond acceptors (Lipinski definition) is 3. The number of ether oxygens (including phenoxy) is 1. The van der Waals surface area contributed by atoms with Crippen LogP contribution in [0.15, 0.2) is 24.3 Å². The van der Waals surface area contributed by atoms with Crippen LogP contribution in [0, 0.1) is 5.92 Å². The molecule has 2 rings (SSSR count). The topological polar surface area (TPSA) is 38.5 Å². The highest BCUT2D eigenvalue weighted by molar-refractivity contribution is 5.36. The Morgan fingerprint density at radius 2 is 2.22 bits per heavy atom. The number of rotatable bonds is 5. The summed E-state index contributed by atoms with van der Waals surface area (Å²) >= 11 is 0. The monoisotopic (exact) mass is 248 g/mol. The number of nitrogens with two attached hydrogens (primary N) is 1. The van der Waals surface area contributed by atoms with Gasteiger partial charge < -0.3 is 10.5 Å². The Morgan fingerprint density at radius 1 is 1.44 bits per heavy atom. The largest absolute Gasteiger partial charge is 0.496 e. The lowest BCUT2D eigenvalue weighted by atomic mass is 10.0. The smallest absolute Gasteiger partial charge is 0.123 e. The van der Waals surface area contributed by atoms with Crippen molar-refractivity contribution in [2.24, 2.45) is 11.7 Å². The minimum absolute atomic E-state index is 0.290. The lowest BCUT2D eigenvalue weighted by Gasteiger charge is -2.28. The van der Waals surface area contributed by atoms with Crippen molar-refractivity contribution in [1.82, 2.24) is 4.90 Å². The maximum atomic E-state index is 6.00. The molecule has 2 unspecified atom stereocenters. The standard InChI is InChI=1S/C15H24N2O/c1-3-12-8-9-17(11-12)14(10-16)13-6-4-5-7-15(13)18-2/h4-7,12,14H,3,8-11,16H2,1-2H3. The van der Waals surface area contributed by atoms with E-state index < -0.39 is 0 Å². The van der Waals surface area contributed by atoms with Crippen LogP contribution in [-0.2, 0) is 0 Å². The highest BCUT2D eigenvalue weighted by Gasteiger charge is 2.28. The van der Waals surface area contributed by atoms with Gasteiger partial charge in [0.25, 0.3) is 0 Å². The summed E-state index contributed by atoms with van der Waals surface area (Å²) in [6, 6.07) is 8.52. The van der Waals surface area contributed by atoms with Gasteiger partial charge in [-0.1, -0.05) is 31.5 Å². The minimum atomic E-state index is 0.290. The molecule has 3 nitrogen and oxygen atoms in total. The molecule has 0 radical (unpaired) electrons. The van der Waals surface area contributed by atoms with E-state index in [2.05, 4.69) is 24.0 Å². The molecule has 1 aliphatic rings. The second-order valence-corrected chi connectivity index (χ2v) is 5.05. The van der Waals surface area contributed by atoms with Crippen LogP contribution in [0.1, 0.15) is 31.4 Å². The summed E-state index contributed by atoms with van der Waals surface area (Å²) in [5, 5.41) is 0. The van der Waals surface area contributed by atoms with Gasteiger partial charge in [-0.05, 0) is 24.9 Å². The van der Waals surface area contributed by atoms with Crippen molar-refractivity contribution < 1.29 is 4.74 Å². The zero-order valence-electron chi connectivity index (χ0n) is 11.4. The molecule has 100 valence electrons. The Labute approximate surface area is 110 Å². The summed E-state index contributed by atoms with van der Waals surface area (Å²) in [7, 11) is 1.73. The fourth-order valence-electron chi connectivity index (χ4n) is 2.89. The Bertz CT molecular complexity index is 381. The van der Waals surface area contributed by atoms with E-state index in [-0.39, 0.29) is 6.04 Å². The number of hydrogen-bond donors (Lipinski definition) is 1. The van der Waals surface area contributed by atoms with E-state index in [0.29, 0.717) is 6.54 Å². The van der Waals surface area contributed by atoms with Crippen molar-refractivity contribution in [3.63, 3.8) is 0 Å². The van der Waals surface area contributed by atoms with Crippen LogP contribution in [0.5, 0.6) is 5.75 Å². The van der Waals surface area contributed by atoms with Gasteiger partial charge in [-0.2, -0.15) is 0 Å². The van der Waals surface area contributed by atoms with Gasteiger partial charge in [0.1, 0.15) is 5.75 Å². The molecule has 1 aromatic carbocycles. The molecule has 1 heterocycles. The maximum Gasteiger partial charge on any atom is 0.123 e. The minimum Gasteiger partial charge on any atom is -0.496 e. The molecule has 1 aromatic rings. The molecule has 0 aliphatic carbocycles. The van der Waals surface area contributed by atoms with Gasteiger partial charge in [0.15, 0.2) is 0 Å². The SMILES string of the molecule is CCC1CCN(C(CN)c2ccccc2OC)C1. The lowest BCUT2D eigenvalue weighted by molar-refractivity contribution is 0.235. The zero-order chi connectivity index (χ0) is 13.0. The summed E-state index contributed by atoms with van der Waals surface area (Å²) < 4.78 is 5.46. The predicted octanol–water partition coefficient (Wildman–Crippen LogP) is 2.43. The Balaban J connectivity index is 2.18. The van der Waals surface area contributed by atoms with Crippen LogP contribution < -0.4 is 10.5 Å². The molecule has 1 saturated heterocycles. The molecule has 2 atom stereocenters. The number of likely N-dealkylation sites (tertiary alicyclic amines) is 1. The average Bonchev–Trinajstić information content (AvgIpc) is 2.89. The van der Waals surface area contributed by atoms with E-state index in [1.54, 1.807) is 7.11 Å². The van der Waals surface area contributed by atoms with E-state index in [1.165, 1.54) is 18.4 Å². The van der Waals surface area contributed by atoms with Gasteiger partial charge in [-0.15, -0.1) is 0 Å².